The van der Waals surface area contributed by atoms with E-state index in [1.54, 1.807) is 7.11 Å². The average Bonchev–Trinajstić information content (AvgIpc) is 3.40. The Bertz CT molecular complexity index is 1340. The molecule has 0 aliphatic carbocycles. The van der Waals surface area contributed by atoms with Gasteiger partial charge < -0.3 is 43.0 Å². The van der Waals surface area contributed by atoms with Crippen LogP contribution in [-0.4, -0.2) is 80.2 Å². The van der Waals surface area contributed by atoms with Crippen molar-refractivity contribution in [3.63, 3.8) is 0 Å². The van der Waals surface area contributed by atoms with E-state index < -0.39 is 54.8 Å². The van der Waals surface area contributed by atoms with Crippen molar-refractivity contribution in [2.75, 3.05) is 20.3 Å². The predicted octanol–water partition coefficient (Wildman–Crippen LogP) is 5.59. The molecule has 3 aromatic carbocycles. The quantitative estimate of drug-likeness (QED) is 0.200. The number of ether oxygens (including phenoxy) is 8. The second-order valence-electron chi connectivity index (χ2n) is 12.3. The minimum Gasteiger partial charge on any atom is -0.388 e. The molecule has 9 heteroatoms. The maximum Gasteiger partial charge on any atom is 0.187 e. The van der Waals surface area contributed by atoms with Gasteiger partial charge in [-0.1, -0.05) is 103 Å². The van der Waals surface area contributed by atoms with E-state index in [9.17, 15) is 5.11 Å². The van der Waals surface area contributed by atoms with Gasteiger partial charge in [-0.15, -0.1) is 0 Å². The van der Waals surface area contributed by atoms with Gasteiger partial charge in [-0.25, -0.2) is 0 Å². The van der Waals surface area contributed by atoms with E-state index in [4.69, 9.17) is 37.9 Å². The second-order valence-corrected chi connectivity index (χ2v) is 12.3. The number of allylic oxidation sites excluding steroid dienone is 1. The lowest BCUT2D eigenvalue weighted by atomic mass is 9.97. The molecule has 0 saturated carbocycles. The van der Waals surface area contributed by atoms with E-state index in [1.165, 1.54) is 0 Å². The molecule has 7 unspecified atom stereocenters. The molecule has 47 heavy (non-hydrogen) atoms. The van der Waals surface area contributed by atoms with Gasteiger partial charge >= 0.3 is 0 Å². The van der Waals surface area contributed by atoms with E-state index in [-0.39, 0.29) is 13.2 Å². The summed E-state index contributed by atoms with van der Waals surface area (Å²) in [5, 5.41) is 11.3. The Kier molecular flexibility index (Phi) is 13.1. The first-order valence-electron chi connectivity index (χ1n) is 16.3. The standard InChI is InChI=1S/C38H48O9/c1-5-15-31-33(47-38(2,3)46-31)30(39)25-44-37-36(43-24-29-20-13-8-14-21-29)35(42-23-28-18-11-7-12-19-28)34(32(45-37)26-40-4)41-22-27-16-9-6-10-17-27/h5-21,30-37,39H,22-26H2,1-4H3/b15-5-/t30-,31?,32?,33?,34?,35?,36?,37?/m0/s1. The van der Waals surface area contributed by atoms with Crippen molar-refractivity contribution < 1.29 is 43.0 Å². The molecule has 2 fully saturated rings. The van der Waals surface area contributed by atoms with Crippen LogP contribution in [0.1, 0.15) is 37.5 Å². The SMILES string of the molecule is C/C=C\C1OC(C)(C)OC1[C@@H](O)COC1OC(COC)C(OCc2ccccc2)C(OCc2ccccc2)C1OCc1ccccc1. The number of hydrogen-bond acceptors (Lipinski definition) is 9. The number of hydrogen-bond donors (Lipinski definition) is 1. The highest BCUT2D eigenvalue weighted by Crippen LogP contribution is 2.34. The third-order valence-corrected chi connectivity index (χ3v) is 8.13. The largest absolute Gasteiger partial charge is 0.388 e. The Hall–Kier alpha value is -2.96. The Labute approximate surface area is 278 Å². The average molecular weight is 649 g/mol. The highest BCUT2D eigenvalue weighted by atomic mass is 16.8. The maximum atomic E-state index is 11.3. The van der Waals surface area contributed by atoms with Crippen LogP contribution in [0.25, 0.3) is 0 Å². The molecule has 0 spiro atoms. The molecule has 0 amide bonds. The second kappa shape index (κ2) is 17.4. The van der Waals surface area contributed by atoms with Gasteiger partial charge in [-0.05, 0) is 37.5 Å². The molecule has 2 aliphatic rings. The van der Waals surface area contributed by atoms with E-state index in [0.29, 0.717) is 19.8 Å². The summed E-state index contributed by atoms with van der Waals surface area (Å²) < 4.78 is 50.5. The third kappa shape index (κ3) is 10.0. The molecular formula is C38H48O9. The van der Waals surface area contributed by atoms with Gasteiger partial charge in [0, 0.05) is 7.11 Å². The summed E-state index contributed by atoms with van der Waals surface area (Å²) >= 11 is 0. The zero-order chi connectivity index (χ0) is 33.1. The molecule has 8 atom stereocenters. The lowest BCUT2D eigenvalue weighted by Gasteiger charge is -2.46. The molecule has 2 aliphatic heterocycles. The van der Waals surface area contributed by atoms with Gasteiger partial charge in [-0.3, -0.25) is 0 Å². The van der Waals surface area contributed by atoms with E-state index in [0.717, 1.165) is 16.7 Å². The highest BCUT2D eigenvalue weighted by Gasteiger charge is 2.50. The molecule has 3 aromatic rings. The summed E-state index contributed by atoms with van der Waals surface area (Å²) in [6.45, 7) is 6.66. The monoisotopic (exact) mass is 648 g/mol. The first kappa shape index (κ1) is 35.3. The van der Waals surface area contributed by atoms with Crippen LogP contribution in [0, 0.1) is 0 Å². The van der Waals surface area contributed by atoms with Crippen LogP contribution in [0.3, 0.4) is 0 Å². The topological polar surface area (TPSA) is 94.1 Å². The van der Waals surface area contributed by atoms with Gasteiger partial charge in [0.05, 0.1) is 33.0 Å². The smallest absolute Gasteiger partial charge is 0.187 e. The minimum atomic E-state index is -1.01. The summed E-state index contributed by atoms with van der Waals surface area (Å²) in [4.78, 5) is 0. The molecule has 0 aromatic heterocycles. The molecular weight excluding hydrogens is 600 g/mol. The van der Waals surface area contributed by atoms with Crippen LogP contribution in [-0.2, 0) is 57.7 Å². The molecule has 2 heterocycles. The maximum absolute atomic E-state index is 11.3. The van der Waals surface area contributed by atoms with Crippen LogP contribution < -0.4 is 0 Å². The van der Waals surface area contributed by atoms with Crippen LogP contribution in [0.2, 0.25) is 0 Å². The van der Waals surface area contributed by atoms with Gasteiger partial charge in [0.25, 0.3) is 0 Å². The fourth-order valence-corrected chi connectivity index (χ4v) is 5.92. The summed E-state index contributed by atoms with van der Waals surface area (Å²) in [5.41, 5.74) is 3.02. The van der Waals surface area contributed by atoms with Crippen LogP contribution in [0.4, 0.5) is 0 Å². The fraction of sp³-hybridized carbons (Fsp3) is 0.474. The summed E-state index contributed by atoms with van der Waals surface area (Å²) in [7, 11) is 1.62. The Morgan fingerprint density at radius 1 is 0.723 bits per heavy atom. The summed E-state index contributed by atoms with van der Waals surface area (Å²) in [6.07, 6.45) is -1.66. The van der Waals surface area contributed by atoms with E-state index in [2.05, 4.69) is 0 Å². The number of benzene rings is 3. The molecule has 1 N–H and O–H groups in total. The predicted molar refractivity (Wildman–Crippen MR) is 176 cm³/mol. The van der Waals surface area contributed by atoms with Crippen molar-refractivity contribution >= 4 is 0 Å². The Morgan fingerprint density at radius 3 is 1.74 bits per heavy atom. The van der Waals surface area contributed by atoms with Gasteiger partial charge in [0.15, 0.2) is 12.1 Å². The van der Waals surface area contributed by atoms with Crippen molar-refractivity contribution in [1.82, 2.24) is 0 Å². The molecule has 254 valence electrons. The van der Waals surface area contributed by atoms with Gasteiger partial charge in [0.1, 0.15) is 42.7 Å². The first-order chi connectivity index (χ1) is 22.9. The number of rotatable bonds is 16. The van der Waals surface area contributed by atoms with Gasteiger partial charge in [0.2, 0.25) is 0 Å². The minimum absolute atomic E-state index is 0.0886. The highest BCUT2D eigenvalue weighted by molar-refractivity contribution is 5.16. The van der Waals surface area contributed by atoms with Crippen molar-refractivity contribution in [3.05, 3.63) is 120 Å². The van der Waals surface area contributed by atoms with Crippen molar-refractivity contribution in [2.24, 2.45) is 0 Å². The van der Waals surface area contributed by atoms with E-state index >= 15 is 0 Å². The normalized spacial score (nSPS) is 28.1. The van der Waals surface area contributed by atoms with E-state index in [1.807, 2.05) is 124 Å². The lowest BCUT2D eigenvalue weighted by Crippen LogP contribution is -2.62. The summed E-state index contributed by atoms with van der Waals surface area (Å²) in [6, 6.07) is 29.8. The van der Waals surface area contributed by atoms with Gasteiger partial charge in [-0.2, -0.15) is 0 Å². The van der Waals surface area contributed by atoms with Crippen molar-refractivity contribution in [2.45, 2.75) is 95.4 Å². The molecule has 0 radical (unpaired) electrons. The lowest BCUT2D eigenvalue weighted by molar-refractivity contribution is -0.331. The zero-order valence-electron chi connectivity index (χ0n) is 27.7. The number of methoxy groups -OCH3 is 1. The third-order valence-electron chi connectivity index (χ3n) is 8.13. The van der Waals surface area contributed by atoms with Crippen LogP contribution in [0.15, 0.2) is 103 Å². The molecule has 0 bridgehead atoms. The molecule has 5 rings (SSSR count). The van der Waals surface area contributed by atoms with Crippen molar-refractivity contribution in [1.29, 1.82) is 0 Å². The van der Waals surface area contributed by atoms with Crippen LogP contribution >= 0.6 is 0 Å². The van der Waals surface area contributed by atoms with Crippen molar-refractivity contribution in [3.8, 4) is 0 Å². The summed E-state index contributed by atoms with van der Waals surface area (Å²) in [5.74, 6) is -0.845. The number of aliphatic hydroxyl groups is 1. The molecule has 9 nitrogen and oxygen atoms in total. The first-order valence-corrected chi connectivity index (χ1v) is 16.3. The Balaban J connectivity index is 1.41. The fourth-order valence-electron chi connectivity index (χ4n) is 5.92. The number of aliphatic hydroxyl groups excluding tert-OH is 1. The molecule has 2 saturated heterocycles. The zero-order valence-corrected chi connectivity index (χ0v) is 27.7. The van der Waals surface area contributed by atoms with Crippen LogP contribution in [0.5, 0.6) is 0 Å². The Morgan fingerprint density at radius 2 is 1.23 bits per heavy atom.